The molecule has 0 aliphatic rings. The molecular weight excluding hydrogens is 426 g/mol. The number of nitrogens with zero attached hydrogens (tertiary/aromatic N) is 2. The van der Waals surface area contributed by atoms with Crippen molar-refractivity contribution in [3.05, 3.63) is 96.3 Å². The van der Waals surface area contributed by atoms with E-state index in [0.717, 1.165) is 5.56 Å². The number of benzene rings is 3. The summed E-state index contributed by atoms with van der Waals surface area (Å²) in [5, 5.41) is 6.79. The van der Waals surface area contributed by atoms with E-state index >= 15 is 0 Å². The van der Waals surface area contributed by atoms with Crippen LogP contribution < -0.4 is 9.62 Å². The molecule has 1 amide bonds. The van der Waals surface area contributed by atoms with Crippen molar-refractivity contribution in [3.8, 4) is 11.3 Å². The fourth-order valence-corrected chi connectivity index (χ4v) is 4.54. The van der Waals surface area contributed by atoms with Gasteiger partial charge in [-0.15, -0.1) is 0 Å². The summed E-state index contributed by atoms with van der Waals surface area (Å²) in [6.45, 7) is 1.66. The molecule has 4 rings (SSSR count). The number of hydrogen-bond donors (Lipinski definition) is 1. The highest BCUT2D eigenvalue weighted by Gasteiger charge is 2.24. The smallest absolute Gasteiger partial charge is 0.264 e. The lowest BCUT2D eigenvalue weighted by molar-refractivity contribution is 0.102. The van der Waals surface area contributed by atoms with E-state index in [9.17, 15) is 13.2 Å². The van der Waals surface area contributed by atoms with E-state index < -0.39 is 15.9 Å². The maximum atomic E-state index is 13.1. The molecular formula is C24H21N3O4S. The van der Waals surface area contributed by atoms with Gasteiger partial charge >= 0.3 is 0 Å². The number of para-hydroxylation sites is 1. The Bertz CT molecular complexity index is 1350. The Morgan fingerprint density at radius 2 is 1.59 bits per heavy atom. The Labute approximate surface area is 186 Å². The predicted octanol–water partition coefficient (Wildman–Crippen LogP) is 4.73. The number of carbonyl (C=O) groups excluding carboxylic acids is 1. The van der Waals surface area contributed by atoms with Gasteiger partial charge in [-0.3, -0.25) is 9.10 Å². The van der Waals surface area contributed by atoms with Crippen LogP contribution in [0, 0.1) is 6.92 Å². The van der Waals surface area contributed by atoms with E-state index in [2.05, 4.69) is 10.5 Å². The van der Waals surface area contributed by atoms with Crippen LogP contribution in [-0.2, 0) is 10.0 Å². The molecule has 4 aromatic rings. The number of aromatic nitrogens is 1. The molecule has 0 bridgehead atoms. The number of sulfonamides is 1. The molecule has 7 nitrogen and oxygen atoms in total. The van der Waals surface area contributed by atoms with Gasteiger partial charge in [0.2, 0.25) is 0 Å². The van der Waals surface area contributed by atoms with Gasteiger partial charge in [0.15, 0.2) is 0 Å². The molecule has 0 atom stereocenters. The van der Waals surface area contributed by atoms with Gasteiger partial charge < -0.3 is 9.84 Å². The van der Waals surface area contributed by atoms with E-state index in [1.807, 2.05) is 36.4 Å². The van der Waals surface area contributed by atoms with Crippen LogP contribution in [0.4, 0.5) is 11.4 Å². The molecule has 0 aliphatic carbocycles. The van der Waals surface area contributed by atoms with Crippen molar-refractivity contribution in [3.63, 3.8) is 0 Å². The summed E-state index contributed by atoms with van der Waals surface area (Å²) in [5.74, 6) is -0.0671. The Morgan fingerprint density at radius 3 is 2.28 bits per heavy atom. The second kappa shape index (κ2) is 8.68. The van der Waals surface area contributed by atoms with Crippen LogP contribution in [-0.4, -0.2) is 26.5 Å². The molecule has 0 fully saturated rings. The monoisotopic (exact) mass is 447 g/mol. The van der Waals surface area contributed by atoms with Crippen molar-refractivity contribution >= 4 is 27.3 Å². The highest BCUT2D eigenvalue weighted by molar-refractivity contribution is 7.92. The molecule has 0 radical (unpaired) electrons. The van der Waals surface area contributed by atoms with Gasteiger partial charge in [-0.1, -0.05) is 59.8 Å². The van der Waals surface area contributed by atoms with Crippen molar-refractivity contribution < 1.29 is 17.7 Å². The van der Waals surface area contributed by atoms with Crippen LogP contribution in [0.5, 0.6) is 0 Å². The summed E-state index contributed by atoms with van der Waals surface area (Å²) in [4.78, 5) is 13.1. The van der Waals surface area contributed by atoms with Gasteiger partial charge in [0.1, 0.15) is 17.0 Å². The SMILES string of the molecule is Cc1onc(-c2ccccc2)c1C(=O)Nc1cccc(S(=O)(=O)N(C)c2ccccc2)c1. The zero-order valence-corrected chi connectivity index (χ0v) is 18.3. The van der Waals surface area contributed by atoms with Gasteiger partial charge in [0.05, 0.1) is 10.6 Å². The number of nitrogens with one attached hydrogen (secondary N) is 1. The molecule has 0 aliphatic heterocycles. The Hall–Kier alpha value is -3.91. The first kappa shape index (κ1) is 21.3. The third-order valence-corrected chi connectivity index (χ3v) is 6.79. The maximum Gasteiger partial charge on any atom is 0.264 e. The zero-order valence-electron chi connectivity index (χ0n) is 17.5. The molecule has 1 N–H and O–H groups in total. The molecule has 0 saturated carbocycles. The minimum absolute atomic E-state index is 0.0620. The Balaban J connectivity index is 1.62. The van der Waals surface area contributed by atoms with Crippen LogP contribution in [0.2, 0.25) is 0 Å². The van der Waals surface area contributed by atoms with Crippen molar-refractivity contribution in [1.82, 2.24) is 5.16 Å². The standard InChI is InChI=1S/C24H21N3O4S/c1-17-22(23(26-31-17)18-10-5-3-6-11-18)24(28)25-19-12-9-15-21(16-19)32(29,30)27(2)20-13-7-4-8-14-20/h3-16H,1-2H3,(H,25,28). The molecule has 1 heterocycles. The van der Waals surface area contributed by atoms with Crippen molar-refractivity contribution in [2.75, 3.05) is 16.7 Å². The molecule has 32 heavy (non-hydrogen) atoms. The minimum atomic E-state index is -3.81. The van der Waals surface area contributed by atoms with E-state index in [-0.39, 0.29) is 4.90 Å². The largest absolute Gasteiger partial charge is 0.360 e. The third kappa shape index (κ3) is 4.13. The summed E-state index contributed by atoms with van der Waals surface area (Å²) in [6, 6.07) is 24.1. The first-order valence-corrected chi connectivity index (χ1v) is 11.3. The number of aryl methyl sites for hydroxylation is 1. The summed E-state index contributed by atoms with van der Waals surface area (Å²) in [7, 11) is -2.32. The van der Waals surface area contributed by atoms with Gasteiger partial charge in [-0.05, 0) is 37.3 Å². The second-order valence-electron chi connectivity index (χ2n) is 7.12. The van der Waals surface area contributed by atoms with Crippen LogP contribution in [0.3, 0.4) is 0 Å². The number of hydrogen-bond acceptors (Lipinski definition) is 5. The quantitative estimate of drug-likeness (QED) is 0.461. The van der Waals surface area contributed by atoms with Crippen LogP contribution in [0.25, 0.3) is 11.3 Å². The molecule has 162 valence electrons. The normalized spacial score (nSPS) is 11.2. The average molecular weight is 448 g/mol. The third-order valence-electron chi connectivity index (χ3n) is 5.01. The number of rotatable bonds is 6. The number of carbonyl (C=O) groups is 1. The summed E-state index contributed by atoms with van der Waals surface area (Å²) in [6.07, 6.45) is 0. The maximum absolute atomic E-state index is 13.1. The summed E-state index contributed by atoms with van der Waals surface area (Å²) >= 11 is 0. The van der Waals surface area contributed by atoms with Gasteiger partial charge in [-0.2, -0.15) is 0 Å². The topological polar surface area (TPSA) is 92.5 Å². The molecule has 0 spiro atoms. The average Bonchev–Trinajstić information content (AvgIpc) is 3.21. The summed E-state index contributed by atoms with van der Waals surface area (Å²) in [5.41, 5.74) is 2.35. The molecule has 0 unspecified atom stereocenters. The molecule has 8 heteroatoms. The fraction of sp³-hybridized carbons (Fsp3) is 0.0833. The Morgan fingerprint density at radius 1 is 0.938 bits per heavy atom. The van der Waals surface area contributed by atoms with E-state index in [0.29, 0.717) is 28.4 Å². The molecule has 1 aromatic heterocycles. The van der Waals surface area contributed by atoms with Crippen LogP contribution >= 0.6 is 0 Å². The second-order valence-corrected chi connectivity index (χ2v) is 9.09. The first-order chi connectivity index (χ1) is 15.4. The lowest BCUT2D eigenvalue weighted by Gasteiger charge is -2.19. The lowest BCUT2D eigenvalue weighted by Crippen LogP contribution is -2.26. The van der Waals surface area contributed by atoms with Crippen molar-refractivity contribution in [1.29, 1.82) is 0 Å². The molecule has 0 saturated heterocycles. The summed E-state index contributed by atoms with van der Waals surface area (Å²) < 4.78 is 32.6. The molecule has 3 aromatic carbocycles. The van der Waals surface area contributed by atoms with Crippen molar-refractivity contribution in [2.45, 2.75) is 11.8 Å². The zero-order chi connectivity index (χ0) is 22.7. The highest BCUT2D eigenvalue weighted by atomic mass is 32.2. The van der Waals surface area contributed by atoms with Gasteiger partial charge in [-0.25, -0.2) is 8.42 Å². The fourth-order valence-electron chi connectivity index (χ4n) is 3.30. The number of anilines is 2. The van der Waals surface area contributed by atoms with Gasteiger partial charge in [0, 0.05) is 18.3 Å². The van der Waals surface area contributed by atoms with E-state index in [1.165, 1.54) is 23.5 Å². The van der Waals surface area contributed by atoms with E-state index in [4.69, 9.17) is 4.52 Å². The highest BCUT2D eigenvalue weighted by Crippen LogP contribution is 2.27. The predicted molar refractivity (Wildman–Crippen MR) is 123 cm³/mol. The van der Waals surface area contributed by atoms with Crippen molar-refractivity contribution in [2.24, 2.45) is 0 Å². The Kier molecular flexibility index (Phi) is 5.79. The van der Waals surface area contributed by atoms with Crippen LogP contribution in [0.15, 0.2) is 94.3 Å². The first-order valence-electron chi connectivity index (χ1n) is 9.85. The number of amides is 1. The van der Waals surface area contributed by atoms with Gasteiger partial charge in [0.25, 0.3) is 15.9 Å². The van der Waals surface area contributed by atoms with E-state index in [1.54, 1.807) is 43.3 Å². The minimum Gasteiger partial charge on any atom is -0.360 e. The lowest BCUT2D eigenvalue weighted by atomic mass is 10.1. The van der Waals surface area contributed by atoms with Crippen LogP contribution in [0.1, 0.15) is 16.1 Å².